The van der Waals surface area contributed by atoms with Crippen LogP contribution in [-0.4, -0.2) is 37.3 Å². The Balaban J connectivity index is 1.96. The highest BCUT2D eigenvalue weighted by Crippen LogP contribution is 2.37. The van der Waals surface area contributed by atoms with Crippen LogP contribution in [0.15, 0.2) is 18.2 Å². The smallest absolute Gasteiger partial charge is 0.133 e. The Morgan fingerprint density at radius 1 is 1.43 bits per heavy atom. The molecule has 0 unspecified atom stereocenters. The van der Waals surface area contributed by atoms with Gasteiger partial charge in [0.1, 0.15) is 6.17 Å². The molecule has 2 heterocycles. The number of likely N-dealkylation sites (tertiary alicyclic amines) is 1. The number of nitrogens with one attached hydrogen (secondary N) is 1. The molecule has 1 fully saturated rings. The minimum absolute atomic E-state index is 0.107. The first kappa shape index (κ1) is 16.3. The van der Waals surface area contributed by atoms with Gasteiger partial charge >= 0.3 is 0 Å². The zero-order valence-corrected chi connectivity index (χ0v) is 14.8. The summed E-state index contributed by atoms with van der Waals surface area (Å²) in [5.74, 6) is 6.23. The molecule has 1 aliphatic heterocycles. The van der Waals surface area contributed by atoms with E-state index in [1.165, 1.54) is 15.6 Å². The summed E-state index contributed by atoms with van der Waals surface area (Å²) in [7, 11) is 1.98. The predicted octanol–water partition coefficient (Wildman–Crippen LogP) is 4.29. The van der Waals surface area contributed by atoms with Crippen LogP contribution in [0.4, 0.5) is 10.1 Å². The Hall–Kier alpha value is -1.57. The first-order valence-corrected chi connectivity index (χ1v) is 9.02. The van der Waals surface area contributed by atoms with Crippen LogP contribution in [0.25, 0.3) is 10.1 Å². The molecule has 122 valence electrons. The van der Waals surface area contributed by atoms with Crippen LogP contribution < -0.4 is 5.32 Å². The van der Waals surface area contributed by atoms with Crippen LogP contribution in [0.1, 0.15) is 30.7 Å². The fraction of sp³-hybridized carbons (Fsp3) is 0.474. The summed E-state index contributed by atoms with van der Waals surface area (Å²) in [4.78, 5) is 3.19. The number of piperidine rings is 1. The van der Waals surface area contributed by atoms with Gasteiger partial charge < -0.3 is 10.2 Å². The number of aryl methyl sites for hydroxylation is 1. The quantitative estimate of drug-likeness (QED) is 0.845. The van der Waals surface area contributed by atoms with Crippen molar-refractivity contribution >= 4 is 27.1 Å². The normalized spacial score (nSPS) is 21.9. The van der Waals surface area contributed by atoms with Gasteiger partial charge in [0, 0.05) is 13.1 Å². The molecule has 1 N–H and O–H groups in total. The third-order valence-electron chi connectivity index (χ3n) is 4.50. The van der Waals surface area contributed by atoms with Gasteiger partial charge in [-0.05, 0) is 43.8 Å². The van der Waals surface area contributed by atoms with Gasteiger partial charge in [-0.25, -0.2) is 4.39 Å². The van der Waals surface area contributed by atoms with Gasteiger partial charge in [-0.3, -0.25) is 0 Å². The van der Waals surface area contributed by atoms with E-state index in [1.807, 2.05) is 14.0 Å². The molecule has 0 saturated carbocycles. The number of hydrogen-bond acceptors (Lipinski definition) is 3. The number of nitrogens with zero attached hydrogens (tertiary/aromatic N) is 1. The Labute approximate surface area is 141 Å². The highest BCUT2D eigenvalue weighted by molar-refractivity contribution is 7.20. The number of rotatable bonds is 3. The summed E-state index contributed by atoms with van der Waals surface area (Å²) in [6.07, 6.45) is 0.972. The number of halogens is 1. The number of hydrogen-bond donors (Lipinski definition) is 1. The molecular formula is C19H23FN2S. The van der Waals surface area contributed by atoms with Crippen molar-refractivity contribution in [2.24, 2.45) is 0 Å². The highest BCUT2D eigenvalue weighted by atomic mass is 32.1. The maximum absolute atomic E-state index is 14.3. The number of alkyl halides is 1. The molecule has 0 bridgehead atoms. The lowest BCUT2D eigenvalue weighted by molar-refractivity contribution is 0.149. The van der Waals surface area contributed by atoms with Crippen molar-refractivity contribution < 1.29 is 4.39 Å². The van der Waals surface area contributed by atoms with Crippen molar-refractivity contribution in [1.29, 1.82) is 0 Å². The van der Waals surface area contributed by atoms with E-state index in [4.69, 9.17) is 0 Å². The van der Waals surface area contributed by atoms with E-state index in [2.05, 4.69) is 47.2 Å². The van der Waals surface area contributed by atoms with Crippen LogP contribution >= 0.6 is 11.3 Å². The van der Waals surface area contributed by atoms with Crippen molar-refractivity contribution in [3.8, 4) is 11.8 Å². The summed E-state index contributed by atoms with van der Waals surface area (Å²) in [5, 5.41) is 4.71. The van der Waals surface area contributed by atoms with Gasteiger partial charge in [-0.2, -0.15) is 0 Å². The standard InChI is InChI=1S/C19H23FN2S/c1-4-7-18-13(5-2)14-8-6-9-17(19(14)23-18)21-16-10-11-22(3)12-15(16)20/h6,8-9,15-16,21H,5,10-12H2,1-3H3/t15-,16-/m1/s1. The molecule has 0 aliphatic carbocycles. The molecule has 1 aromatic carbocycles. The van der Waals surface area contributed by atoms with E-state index in [-0.39, 0.29) is 6.04 Å². The highest BCUT2D eigenvalue weighted by Gasteiger charge is 2.28. The van der Waals surface area contributed by atoms with Crippen molar-refractivity contribution in [3.63, 3.8) is 0 Å². The number of thiophene rings is 1. The van der Waals surface area contributed by atoms with Gasteiger partial charge in [0.05, 0.1) is 21.3 Å². The second-order valence-corrected chi connectivity index (χ2v) is 7.16. The molecule has 1 aromatic heterocycles. The van der Waals surface area contributed by atoms with Gasteiger partial charge in [0.25, 0.3) is 0 Å². The molecule has 0 radical (unpaired) electrons. The van der Waals surface area contributed by atoms with Gasteiger partial charge in [-0.1, -0.05) is 25.0 Å². The molecule has 3 rings (SSSR count). The van der Waals surface area contributed by atoms with E-state index >= 15 is 0 Å². The van der Waals surface area contributed by atoms with Crippen LogP contribution in [-0.2, 0) is 6.42 Å². The molecule has 0 amide bonds. The van der Waals surface area contributed by atoms with E-state index in [1.54, 1.807) is 11.3 Å². The summed E-state index contributed by atoms with van der Waals surface area (Å²) in [6.45, 7) is 5.47. The molecule has 2 aromatic rings. The average molecular weight is 330 g/mol. The SMILES string of the molecule is CC#Cc1sc2c(N[C@@H]3CCN(C)C[C@H]3F)cccc2c1CC. The molecule has 2 atom stereocenters. The van der Waals surface area contributed by atoms with Crippen molar-refractivity contribution in [2.45, 2.75) is 38.9 Å². The van der Waals surface area contributed by atoms with E-state index < -0.39 is 6.17 Å². The monoisotopic (exact) mass is 330 g/mol. The largest absolute Gasteiger partial charge is 0.378 e. The summed E-state index contributed by atoms with van der Waals surface area (Å²) in [5.41, 5.74) is 2.35. The van der Waals surface area contributed by atoms with Crippen LogP contribution in [0.3, 0.4) is 0 Å². The lowest BCUT2D eigenvalue weighted by Gasteiger charge is -2.33. The fourth-order valence-electron chi connectivity index (χ4n) is 3.27. The van der Waals surface area contributed by atoms with E-state index in [0.717, 1.165) is 30.0 Å². The minimum atomic E-state index is -0.829. The summed E-state index contributed by atoms with van der Waals surface area (Å²) in [6, 6.07) is 6.16. The zero-order valence-electron chi connectivity index (χ0n) is 13.9. The van der Waals surface area contributed by atoms with Crippen LogP contribution in [0.5, 0.6) is 0 Å². The Morgan fingerprint density at radius 2 is 2.26 bits per heavy atom. The third-order valence-corrected chi connectivity index (χ3v) is 5.69. The minimum Gasteiger partial charge on any atom is -0.378 e. The van der Waals surface area contributed by atoms with Crippen molar-refractivity contribution in [2.75, 3.05) is 25.5 Å². The molecule has 2 nitrogen and oxygen atoms in total. The molecule has 1 aliphatic rings. The number of fused-ring (bicyclic) bond motifs is 1. The second kappa shape index (κ2) is 6.90. The first-order valence-electron chi connectivity index (χ1n) is 8.20. The van der Waals surface area contributed by atoms with Crippen molar-refractivity contribution in [3.05, 3.63) is 28.6 Å². The number of anilines is 1. The fourth-order valence-corrected chi connectivity index (χ4v) is 4.54. The summed E-state index contributed by atoms with van der Waals surface area (Å²) >= 11 is 1.72. The molecular weight excluding hydrogens is 307 g/mol. The van der Waals surface area contributed by atoms with E-state index in [0.29, 0.717) is 6.54 Å². The predicted molar refractivity (Wildman–Crippen MR) is 98.2 cm³/mol. The maximum atomic E-state index is 14.3. The molecule has 23 heavy (non-hydrogen) atoms. The topological polar surface area (TPSA) is 15.3 Å². The Morgan fingerprint density at radius 3 is 2.96 bits per heavy atom. The zero-order chi connectivity index (χ0) is 16.4. The Kier molecular flexibility index (Phi) is 4.89. The first-order chi connectivity index (χ1) is 11.1. The van der Waals surface area contributed by atoms with Crippen LogP contribution in [0, 0.1) is 11.8 Å². The van der Waals surface area contributed by atoms with Gasteiger partial charge in [0.15, 0.2) is 0 Å². The van der Waals surface area contributed by atoms with Crippen molar-refractivity contribution in [1.82, 2.24) is 4.90 Å². The van der Waals surface area contributed by atoms with Crippen LogP contribution in [0.2, 0.25) is 0 Å². The average Bonchev–Trinajstić information content (AvgIpc) is 2.88. The number of benzene rings is 1. The van der Waals surface area contributed by atoms with Gasteiger partial charge in [-0.15, -0.1) is 17.3 Å². The second-order valence-electron chi connectivity index (χ2n) is 6.14. The Bertz CT molecular complexity index is 756. The lowest BCUT2D eigenvalue weighted by atomic mass is 10.0. The molecule has 4 heteroatoms. The van der Waals surface area contributed by atoms with E-state index in [9.17, 15) is 4.39 Å². The molecule has 1 saturated heterocycles. The third kappa shape index (κ3) is 3.22. The molecule has 0 spiro atoms. The van der Waals surface area contributed by atoms with Gasteiger partial charge in [0.2, 0.25) is 0 Å². The maximum Gasteiger partial charge on any atom is 0.133 e. The lowest BCUT2D eigenvalue weighted by Crippen LogP contribution is -2.46. The summed E-state index contributed by atoms with van der Waals surface area (Å²) < 4.78 is 15.5.